The number of rotatable bonds is 3. The molecular formula is C13H11Cl2N3O2. The molecule has 3 N–H and O–H groups in total. The second-order valence-electron chi connectivity index (χ2n) is 4.07. The molecule has 0 saturated heterocycles. The van der Waals surface area contributed by atoms with Gasteiger partial charge in [-0.2, -0.15) is 0 Å². The molecule has 0 aliphatic carbocycles. The van der Waals surface area contributed by atoms with Crippen LogP contribution in [0.5, 0.6) is 0 Å². The van der Waals surface area contributed by atoms with Gasteiger partial charge < -0.3 is 15.6 Å². The van der Waals surface area contributed by atoms with Gasteiger partial charge in [-0.25, -0.2) is 0 Å². The molecule has 1 aromatic heterocycles. The first-order valence-electron chi connectivity index (χ1n) is 5.67. The van der Waals surface area contributed by atoms with Gasteiger partial charge in [-0.3, -0.25) is 9.59 Å². The van der Waals surface area contributed by atoms with Gasteiger partial charge in [-0.15, -0.1) is 0 Å². The molecule has 104 valence electrons. The number of carbonyl (C=O) groups is 1. The predicted molar refractivity (Wildman–Crippen MR) is 80.2 cm³/mol. The number of anilines is 2. The Bertz CT molecular complexity index is 690. The molecule has 20 heavy (non-hydrogen) atoms. The molecule has 0 saturated carbocycles. The van der Waals surface area contributed by atoms with E-state index in [2.05, 4.69) is 5.32 Å². The first kappa shape index (κ1) is 14.4. The largest absolute Gasteiger partial charge is 0.399 e. The third-order valence-electron chi connectivity index (χ3n) is 2.54. The van der Waals surface area contributed by atoms with Crippen LogP contribution in [-0.2, 0) is 11.3 Å². The van der Waals surface area contributed by atoms with Gasteiger partial charge in [0.1, 0.15) is 6.54 Å². The number of hydrogen-bond donors (Lipinski definition) is 2. The van der Waals surface area contributed by atoms with E-state index in [-0.39, 0.29) is 27.8 Å². The number of nitrogen functional groups attached to an aromatic ring is 1. The van der Waals surface area contributed by atoms with Crippen molar-refractivity contribution in [2.45, 2.75) is 6.54 Å². The standard InChI is InChI=1S/C13H11Cl2N3O2/c14-9-5-8(16)6-10(15)13(9)17-11(19)7-18-4-2-1-3-12(18)20/h1-6H,7,16H2,(H,17,19). The van der Waals surface area contributed by atoms with Crippen molar-refractivity contribution >= 4 is 40.5 Å². The van der Waals surface area contributed by atoms with Crippen molar-refractivity contribution in [3.8, 4) is 0 Å². The highest BCUT2D eigenvalue weighted by Crippen LogP contribution is 2.32. The molecule has 2 aromatic rings. The van der Waals surface area contributed by atoms with Gasteiger partial charge in [-0.1, -0.05) is 29.3 Å². The molecule has 1 heterocycles. The number of aromatic nitrogens is 1. The van der Waals surface area contributed by atoms with Gasteiger partial charge >= 0.3 is 0 Å². The Morgan fingerprint density at radius 1 is 1.25 bits per heavy atom. The molecule has 1 aromatic carbocycles. The molecule has 0 aliphatic heterocycles. The Balaban J connectivity index is 2.17. The number of nitrogens with two attached hydrogens (primary N) is 1. The summed E-state index contributed by atoms with van der Waals surface area (Å²) in [6.45, 7) is -0.128. The second-order valence-corrected chi connectivity index (χ2v) is 4.89. The van der Waals surface area contributed by atoms with Crippen molar-refractivity contribution in [2.75, 3.05) is 11.1 Å². The summed E-state index contributed by atoms with van der Waals surface area (Å²) in [6, 6.07) is 7.61. The lowest BCUT2D eigenvalue weighted by Crippen LogP contribution is -2.26. The summed E-state index contributed by atoms with van der Waals surface area (Å²) >= 11 is 11.9. The van der Waals surface area contributed by atoms with E-state index in [0.29, 0.717) is 5.69 Å². The van der Waals surface area contributed by atoms with E-state index in [1.54, 1.807) is 12.1 Å². The minimum atomic E-state index is -0.410. The number of halogens is 2. The average molecular weight is 312 g/mol. The van der Waals surface area contributed by atoms with Crippen LogP contribution in [0.15, 0.2) is 41.3 Å². The predicted octanol–water partition coefficient (Wildman–Crippen LogP) is 2.38. The third kappa shape index (κ3) is 3.31. The van der Waals surface area contributed by atoms with Crippen LogP contribution in [0, 0.1) is 0 Å². The van der Waals surface area contributed by atoms with Crippen molar-refractivity contribution in [1.82, 2.24) is 4.57 Å². The molecular weight excluding hydrogens is 301 g/mol. The van der Waals surface area contributed by atoms with E-state index in [1.165, 1.54) is 29.0 Å². The van der Waals surface area contributed by atoms with Gasteiger partial charge in [0, 0.05) is 18.0 Å². The zero-order valence-corrected chi connectivity index (χ0v) is 11.8. The molecule has 1 amide bonds. The topological polar surface area (TPSA) is 77.1 Å². The number of pyridine rings is 1. The molecule has 0 unspecified atom stereocenters. The van der Waals surface area contributed by atoms with Crippen LogP contribution in [-0.4, -0.2) is 10.5 Å². The summed E-state index contributed by atoms with van der Waals surface area (Å²) in [6.07, 6.45) is 1.52. The van der Waals surface area contributed by atoms with Gasteiger partial charge in [-0.05, 0) is 18.2 Å². The van der Waals surface area contributed by atoms with Crippen LogP contribution in [0.4, 0.5) is 11.4 Å². The van der Waals surface area contributed by atoms with Gasteiger partial charge in [0.15, 0.2) is 0 Å². The number of amides is 1. The summed E-state index contributed by atoms with van der Waals surface area (Å²) < 4.78 is 1.27. The molecule has 7 heteroatoms. The van der Waals surface area contributed by atoms with Crippen molar-refractivity contribution < 1.29 is 4.79 Å². The first-order chi connectivity index (χ1) is 9.47. The molecule has 0 fully saturated rings. The Morgan fingerprint density at radius 3 is 2.50 bits per heavy atom. The number of nitrogens with one attached hydrogen (secondary N) is 1. The highest BCUT2D eigenvalue weighted by molar-refractivity contribution is 6.40. The molecule has 0 bridgehead atoms. The van der Waals surface area contributed by atoms with Gasteiger partial charge in [0.25, 0.3) is 5.56 Å². The second kappa shape index (κ2) is 5.98. The van der Waals surface area contributed by atoms with Crippen molar-refractivity contribution in [3.63, 3.8) is 0 Å². The summed E-state index contributed by atoms with van der Waals surface area (Å²) in [7, 11) is 0. The summed E-state index contributed by atoms with van der Waals surface area (Å²) in [4.78, 5) is 23.4. The number of hydrogen-bond acceptors (Lipinski definition) is 3. The zero-order chi connectivity index (χ0) is 14.7. The molecule has 0 atom stereocenters. The van der Waals surface area contributed by atoms with Crippen LogP contribution in [0.1, 0.15) is 0 Å². The quantitative estimate of drug-likeness (QED) is 0.854. The lowest BCUT2D eigenvalue weighted by atomic mass is 10.2. The summed E-state index contributed by atoms with van der Waals surface area (Å²) in [5, 5.41) is 3.04. The van der Waals surface area contributed by atoms with Crippen molar-refractivity contribution in [1.29, 1.82) is 0 Å². The smallest absolute Gasteiger partial charge is 0.250 e. The molecule has 0 radical (unpaired) electrons. The van der Waals surface area contributed by atoms with Gasteiger partial charge in [0.05, 0.1) is 15.7 Å². The van der Waals surface area contributed by atoms with E-state index in [0.717, 1.165) is 0 Å². The van der Waals surface area contributed by atoms with Crippen molar-refractivity contribution in [3.05, 3.63) is 56.9 Å². The van der Waals surface area contributed by atoms with E-state index >= 15 is 0 Å². The Hall–Kier alpha value is -1.98. The number of nitrogens with zero attached hydrogens (tertiary/aromatic N) is 1. The van der Waals surface area contributed by atoms with E-state index in [4.69, 9.17) is 28.9 Å². The molecule has 5 nitrogen and oxygen atoms in total. The van der Waals surface area contributed by atoms with E-state index < -0.39 is 5.91 Å². The van der Waals surface area contributed by atoms with Crippen molar-refractivity contribution in [2.24, 2.45) is 0 Å². The minimum Gasteiger partial charge on any atom is -0.399 e. The number of benzene rings is 1. The molecule has 2 rings (SSSR count). The third-order valence-corrected chi connectivity index (χ3v) is 3.14. The maximum atomic E-state index is 11.9. The zero-order valence-electron chi connectivity index (χ0n) is 10.3. The van der Waals surface area contributed by atoms with E-state index in [9.17, 15) is 9.59 Å². The molecule has 0 spiro atoms. The maximum Gasteiger partial charge on any atom is 0.250 e. The normalized spacial score (nSPS) is 10.3. The first-order valence-corrected chi connectivity index (χ1v) is 6.43. The fraction of sp³-hybridized carbons (Fsp3) is 0.0769. The Morgan fingerprint density at radius 2 is 1.90 bits per heavy atom. The number of carbonyl (C=O) groups excluding carboxylic acids is 1. The minimum absolute atomic E-state index is 0.128. The SMILES string of the molecule is Nc1cc(Cl)c(NC(=O)Cn2ccccc2=O)c(Cl)c1. The summed E-state index contributed by atoms with van der Waals surface area (Å²) in [5.74, 6) is -0.410. The summed E-state index contributed by atoms with van der Waals surface area (Å²) in [5.41, 5.74) is 5.98. The fourth-order valence-electron chi connectivity index (χ4n) is 1.64. The van der Waals surface area contributed by atoms with Crippen LogP contribution in [0.25, 0.3) is 0 Å². The Kier molecular flexibility index (Phi) is 4.32. The average Bonchev–Trinajstić information content (AvgIpc) is 2.36. The lowest BCUT2D eigenvalue weighted by Gasteiger charge is -2.11. The monoisotopic (exact) mass is 311 g/mol. The van der Waals surface area contributed by atoms with E-state index in [1.807, 2.05) is 0 Å². The highest BCUT2D eigenvalue weighted by Gasteiger charge is 2.11. The van der Waals surface area contributed by atoms with Crippen LogP contribution < -0.4 is 16.6 Å². The van der Waals surface area contributed by atoms with Crippen LogP contribution in [0.2, 0.25) is 10.0 Å². The Labute approximate surface area is 124 Å². The maximum absolute atomic E-state index is 11.9. The lowest BCUT2D eigenvalue weighted by molar-refractivity contribution is -0.116. The van der Waals surface area contributed by atoms with Crippen LogP contribution >= 0.6 is 23.2 Å². The van der Waals surface area contributed by atoms with Crippen LogP contribution in [0.3, 0.4) is 0 Å². The highest BCUT2D eigenvalue weighted by atomic mass is 35.5. The molecule has 0 aliphatic rings. The van der Waals surface area contributed by atoms with Gasteiger partial charge in [0.2, 0.25) is 5.91 Å². The fourth-order valence-corrected chi connectivity index (χ4v) is 2.24.